The maximum Gasteiger partial charge on any atom is 0.255 e. The zero-order valence-corrected chi connectivity index (χ0v) is 19.4. The molecule has 1 heterocycles. The van der Waals surface area contributed by atoms with Crippen LogP contribution < -0.4 is 30.0 Å². The summed E-state index contributed by atoms with van der Waals surface area (Å²) in [6.45, 7) is 2.35. The van der Waals surface area contributed by atoms with Gasteiger partial charge in [-0.1, -0.05) is 11.6 Å². The molecule has 0 aliphatic heterocycles. The molecule has 1 aromatic heterocycles. The summed E-state index contributed by atoms with van der Waals surface area (Å²) >= 11 is 6.21. The minimum atomic E-state index is -0.664. The van der Waals surface area contributed by atoms with Gasteiger partial charge in [-0.05, 0) is 55.0 Å². The Labute approximate surface area is 201 Å². The second-order valence-corrected chi connectivity index (χ2v) is 7.34. The molecule has 0 spiro atoms. The van der Waals surface area contributed by atoms with Crippen molar-refractivity contribution >= 4 is 23.4 Å². The molecule has 3 N–H and O–H groups in total. The summed E-state index contributed by atoms with van der Waals surface area (Å²) < 4.78 is 21.7. The number of methoxy groups -OCH3 is 1. The summed E-state index contributed by atoms with van der Waals surface area (Å²) in [6, 6.07) is 13.6. The van der Waals surface area contributed by atoms with Crippen molar-refractivity contribution in [1.29, 1.82) is 0 Å². The summed E-state index contributed by atoms with van der Waals surface area (Å²) in [5, 5.41) is 2.92. The number of aromatic nitrogens is 1. The summed E-state index contributed by atoms with van der Waals surface area (Å²) in [4.78, 5) is 27.9. The van der Waals surface area contributed by atoms with E-state index in [-0.39, 0.29) is 41.1 Å². The lowest BCUT2D eigenvalue weighted by atomic mass is 10.1. The number of nitrogens with two attached hydrogens (primary N) is 1. The average molecular weight is 486 g/mol. The largest absolute Gasteiger partial charge is 0.494 e. The van der Waals surface area contributed by atoms with Gasteiger partial charge in [0.15, 0.2) is 18.1 Å². The fourth-order valence-electron chi connectivity index (χ4n) is 2.93. The first kappa shape index (κ1) is 24.7. The van der Waals surface area contributed by atoms with E-state index in [2.05, 4.69) is 10.3 Å². The van der Waals surface area contributed by atoms with Crippen LogP contribution in [0.5, 0.6) is 28.9 Å². The zero-order chi connectivity index (χ0) is 24.5. The van der Waals surface area contributed by atoms with Crippen molar-refractivity contribution in [2.24, 2.45) is 5.73 Å². The van der Waals surface area contributed by atoms with Crippen molar-refractivity contribution in [1.82, 2.24) is 10.3 Å². The van der Waals surface area contributed by atoms with E-state index in [4.69, 9.17) is 36.3 Å². The standard InChI is InChI=1S/C24H24ClN3O6/c1-3-32-17-4-6-18(7-5-17)34-22-10-15(8-9-27-22)13-28-24(30)16-11-19(25)23(20(12-16)31-2)33-14-21(26)29/h4-12H,3,13-14H2,1-2H3,(H2,26,29)(H,28,30). The number of pyridine rings is 1. The topological polar surface area (TPSA) is 122 Å². The molecule has 2 amide bonds. The number of hydrogen-bond acceptors (Lipinski definition) is 7. The molecule has 3 rings (SSSR count). The maximum atomic E-state index is 12.7. The van der Waals surface area contributed by atoms with Crippen molar-refractivity contribution < 1.29 is 28.5 Å². The van der Waals surface area contributed by atoms with Crippen LogP contribution in [0.4, 0.5) is 0 Å². The first-order valence-electron chi connectivity index (χ1n) is 10.3. The molecule has 0 radical (unpaired) electrons. The lowest BCUT2D eigenvalue weighted by Crippen LogP contribution is -2.23. The van der Waals surface area contributed by atoms with Crippen LogP contribution in [0.25, 0.3) is 0 Å². The third-order valence-electron chi connectivity index (χ3n) is 4.46. The smallest absolute Gasteiger partial charge is 0.255 e. The Balaban J connectivity index is 1.64. The molecule has 0 unspecified atom stereocenters. The van der Waals surface area contributed by atoms with Gasteiger partial charge in [-0.3, -0.25) is 9.59 Å². The Morgan fingerprint density at radius 1 is 1.06 bits per heavy atom. The van der Waals surface area contributed by atoms with Crippen molar-refractivity contribution in [3.05, 3.63) is 70.9 Å². The van der Waals surface area contributed by atoms with Crippen LogP contribution in [0.2, 0.25) is 5.02 Å². The molecule has 178 valence electrons. The Kier molecular flexibility index (Phi) is 8.53. The maximum absolute atomic E-state index is 12.7. The number of benzene rings is 2. The molecule has 0 saturated carbocycles. The molecule has 0 aliphatic carbocycles. The molecule has 10 heteroatoms. The van der Waals surface area contributed by atoms with E-state index < -0.39 is 5.91 Å². The minimum Gasteiger partial charge on any atom is -0.494 e. The molecule has 2 aromatic carbocycles. The predicted molar refractivity (Wildman–Crippen MR) is 126 cm³/mol. The molecule has 3 aromatic rings. The first-order chi connectivity index (χ1) is 16.4. The van der Waals surface area contributed by atoms with Gasteiger partial charge in [0.2, 0.25) is 5.88 Å². The van der Waals surface area contributed by atoms with Crippen LogP contribution >= 0.6 is 11.6 Å². The van der Waals surface area contributed by atoms with Gasteiger partial charge in [-0.15, -0.1) is 0 Å². The average Bonchev–Trinajstić information content (AvgIpc) is 2.83. The molecule has 34 heavy (non-hydrogen) atoms. The van der Waals surface area contributed by atoms with E-state index in [1.54, 1.807) is 30.5 Å². The normalized spacial score (nSPS) is 10.3. The molecular formula is C24H24ClN3O6. The van der Waals surface area contributed by atoms with E-state index in [1.165, 1.54) is 19.2 Å². The van der Waals surface area contributed by atoms with E-state index in [0.717, 1.165) is 11.3 Å². The zero-order valence-electron chi connectivity index (χ0n) is 18.7. The number of nitrogens with zero attached hydrogens (tertiary/aromatic N) is 1. The van der Waals surface area contributed by atoms with Crippen molar-refractivity contribution in [3.63, 3.8) is 0 Å². The van der Waals surface area contributed by atoms with E-state index in [1.807, 2.05) is 19.1 Å². The Morgan fingerprint density at radius 3 is 2.47 bits per heavy atom. The number of hydrogen-bond donors (Lipinski definition) is 2. The van der Waals surface area contributed by atoms with E-state index in [0.29, 0.717) is 18.2 Å². The predicted octanol–water partition coefficient (Wildman–Crippen LogP) is 3.73. The highest BCUT2D eigenvalue weighted by molar-refractivity contribution is 6.32. The Hall–Kier alpha value is -3.98. The van der Waals surface area contributed by atoms with Crippen LogP contribution in [0, 0.1) is 0 Å². The van der Waals surface area contributed by atoms with Gasteiger partial charge in [-0.2, -0.15) is 0 Å². The number of carbonyl (C=O) groups excluding carboxylic acids is 2. The third kappa shape index (κ3) is 6.76. The quantitative estimate of drug-likeness (QED) is 0.424. The van der Waals surface area contributed by atoms with Gasteiger partial charge in [0, 0.05) is 24.4 Å². The minimum absolute atomic E-state index is 0.112. The van der Waals surface area contributed by atoms with Gasteiger partial charge in [0.25, 0.3) is 11.8 Å². The number of carbonyl (C=O) groups is 2. The molecule has 9 nitrogen and oxygen atoms in total. The molecule has 0 saturated heterocycles. The van der Waals surface area contributed by atoms with Gasteiger partial charge in [0.1, 0.15) is 11.5 Å². The van der Waals surface area contributed by atoms with Crippen LogP contribution in [0.15, 0.2) is 54.7 Å². The Bertz CT molecular complexity index is 1150. The highest BCUT2D eigenvalue weighted by Crippen LogP contribution is 2.36. The second kappa shape index (κ2) is 11.8. The molecular weight excluding hydrogens is 462 g/mol. The van der Waals surface area contributed by atoms with Crippen LogP contribution in [-0.2, 0) is 11.3 Å². The van der Waals surface area contributed by atoms with E-state index >= 15 is 0 Å². The molecule has 0 aliphatic rings. The summed E-state index contributed by atoms with van der Waals surface area (Å²) in [5.41, 5.74) is 6.13. The monoisotopic (exact) mass is 485 g/mol. The number of primary amides is 1. The lowest BCUT2D eigenvalue weighted by molar-refractivity contribution is -0.119. The fourth-order valence-corrected chi connectivity index (χ4v) is 3.19. The number of amides is 2. The van der Waals surface area contributed by atoms with Gasteiger partial charge < -0.3 is 30.0 Å². The number of halogens is 1. The Morgan fingerprint density at radius 2 is 1.79 bits per heavy atom. The van der Waals surface area contributed by atoms with Crippen LogP contribution in [-0.4, -0.2) is 37.1 Å². The third-order valence-corrected chi connectivity index (χ3v) is 4.74. The number of nitrogens with one attached hydrogen (secondary N) is 1. The molecule has 0 bridgehead atoms. The van der Waals surface area contributed by atoms with Crippen molar-refractivity contribution in [2.45, 2.75) is 13.5 Å². The first-order valence-corrected chi connectivity index (χ1v) is 10.7. The van der Waals surface area contributed by atoms with Gasteiger partial charge in [-0.25, -0.2) is 4.98 Å². The van der Waals surface area contributed by atoms with Crippen molar-refractivity contribution in [3.8, 4) is 28.9 Å². The molecule has 0 fully saturated rings. The van der Waals surface area contributed by atoms with E-state index in [9.17, 15) is 9.59 Å². The highest BCUT2D eigenvalue weighted by atomic mass is 35.5. The number of ether oxygens (including phenoxy) is 4. The fraction of sp³-hybridized carbons (Fsp3) is 0.208. The highest BCUT2D eigenvalue weighted by Gasteiger charge is 2.17. The second-order valence-electron chi connectivity index (χ2n) is 6.94. The summed E-state index contributed by atoms with van der Waals surface area (Å²) in [7, 11) is 1.40. The summed E-state index contributed by atoms with van der Waals surface area (Å²) in [6.07, 6.45) is 1.59. The molecule has 0 atom stereocenters. The van der Waals surface area contributed by atoms with Crippen molar-refractivity contribution in [2.75, 3.05) is 20.3 Å². The van der Waals surface area contributed by atoms with Crippen LogP contribution in [0.1, 0.15) is 22.8 Å². The lowest BCUT2D eigenvalue weighted by Gasteiger charge is -2.13. The van der Waals surface area contributed by atoms with Gasteiger partial charge >= 0.3 is 0 Å². The van der Waals surface area contributed by atoms with Gasteiger partial charge in [0.05, 0.1) is 18.7 Å². The SMILES string of the molecule is CCOc1ccc(Oc2cc(CNC(=O)c3cc(Cl)c(OCC(N)=O)c(OC)c3)ccn2)cc1. The summed E-state index contributed by atoms with van der Waals surface area (Å²) in [5.74, 6) is 1.03. The van der Waals surface area contributed by atoms with Crippen LogP contribution in [0.3, 0.4) is 0 Å². The number of rotatable bonds is 11.